The fourth-order valence-corrected chi connectivity index (χ4v) is 10.1. The van der Waals surface area contributed by atoms with Crippen molar-refractivity contribution in [3.05, 3.63) is 84.4 Å². The van der Waals surface area contributed by atoms with Crippen molar-refractivity contribution in [3.8, 4) is 11.5 Å². The van der Waals surface area contributed by atoms with Gasteiger partial charge in [-0.1, -0.05) is 87.5 Å². The predicted octanol–water partition coefficient (Wildman–Crippen LogP) is 4.34. The average Bonchev–Trinajstić information content (AvgIpc) is 3.26. The second-order valence-corrected chi connectivity index (χ2v) is 15.0. The average molecular weight is 532 g/mol. The molecule has 0 spiro atoms. The highest BCUT2D eigenvalue weighted by Gasteiger charge is 2.51. The summed E-state index contributed by atoms with van der Waals surface area (Å²) in [5, 5.41) is 2.09. The van der Waals surface area contributed by atoms with Crippen molar-refractivity contribution in [3.63, 3.8) is 0 Å². The third-order valence-electron chi connectivity index (χ3n) is 7.28. The number of methoxy groups -OCH3 is 2. The van der Waals surface area contributed by atoms with Crippen LogP contribution in [-0.4, -0.2) is 51.9 Å². The smallest absolute Gasteiger partial charge is 0.261 e. The molecule has 0 saturated carbocycles. The molecule has 1 fully saturated rings. The molecule has 1 saturated heterocycles. The fraction of sp³-hybridized carbons (Fsp3) is 0.355. The van der Waals surface area contributed by atoms with E-state index in [0.717, 1.165) is 15.9 Å². The monoisotopic (exact) mass is 531 g/mol. The number of hydrogen-bond donors (Lipinski definition) is 0. The molecule has 3 aromatic carbocycles. The van der Waals surface area contributed by atoms with Crippen LogP contribution >= 0.6 is 0 Å². The van der Waals surface area contributed by atoms with Gasteiger partial charge in [0.25, 0.3) is 8.32 Å². The molecule has 0 N–H and O–H groups in total. The lowest BCUT2D eigenvalue weighted by Gasteiger charge is -2.44. The Morgan fingerprint density at radius 2 is 1.32 bits per heavy atom. The van der Waals surface area contributed by atoms with Gasteiger partial charge < -0.3 is 13.9 Å². The van der Waals surface area contributed by atoms with E-state index < -0.39 is 14.4 Å². The van der Waals surface area contributed by atoms with Gasteiger partial charge in [0.15, 0.2) is 11.5 Å². The van der Waals surface area contributed by atoms with Crippen molar-refractivity contribution in [2.24, 2.45) is 0 Å². The second-order valence-electron chi connectivity index (χ2n) is 10.7. The first-order chi connectivity index (χ1) is 18.2. The second kappa shape index (κ2) is 11.5. The quantitative estimate of drug-likeness (QED) is 0.288. The van der Waals surface area contributed by atoms with Gasteiger partial charge in [-0.2, -0.15) is 0 Å². The Bertz CT molecular complexity index is 1200. The molecule has 1 aliphatic heterocycles. The summed E-state index contributed by atoms with van der Waals surface area (Å²) in [6.07, 6.45) is 0.928. The van der Waals surface area contributed by atoms with E-state index in [2.05, 4.69) is 45.0 Å². The molecule has 3 aromatic rings. The number of hydrogen-bond acceptors (Lipinski definition) is 5. The number of carbonyl (C=O) groups excluding carboxylic acids is 2. The van der Waals surface area contributed by atoms with Crippen LogP contribution in [0.5, 0.6) is 11.5 Å². The molecule has 38 heavy (non-hydrogen) atoms. The molecule has 0 aliphatic carbocycles. The number of ether oxygens (including phenoxy) is 2. The highest BCUT2D eigenvalue weighted by Crippen LogP contribution is 2.37. The first kappa shape index (κ1) is 27.6. The van der Waals surface area contributed by atoms with Crippen LogP contribution in [0.2, 0.25) is 5.04 Å². The maximum Gasteiger partial charge on any atom is 0.261 e. The van der Waals surface area contributed by atoms with Gasteiger partial charge in [0.2, 0.25) is 11.8 Å². The largest absolute Gasteiger partial charge is 0.493 e. The van der Waals surface area contributed by atoms with Crippen LogP contribution in [0, 0.1) is 0 Å². The van der Waals surface area contributed by atoms with Gasteiger partial charge in [-0.3, -0.25) is 14.5 Å². The van der Waals surface area contributed by atoms with Crippen molar-refractivity contribution in [2.45, 2.75) is 51.1 Å². The maximum absolute atomic E-state index is 12.9. The Balaban J connectivity index is 1.76. The lowest BCUT2D eigenvalue weighted by atomic mass is 10.0. The van der Waals surface area contributed by atoms with Crippen LogP contribution in [0.4, 0.5) is 0 Å². The number of nitrogens with zero attached hydrogens (tertiary/aromatic N) is 1. The molecule has 1 atom stereocenters. The fourth-order valence-electron chi connectivity index (χ4n) is 5.49. The van der Waals surface area contributed by atoms with Crippen LogP contribution < -0.4 is 19.8 Å². The minimum atomic E-state index is -2.85. The zero-order valence-electron chi connectivity index (χ0n) is 22.9. The Morgan fingerprint density at radius 3 is 1.79 bits per heavy atom. The topological polar surface area (TPSA) is 65.1 Å². The first-order valence-corrected chi connectivity index (χ1v) is 14.9. The molecule has 0 radical (unpaired) electrons. The summed E-state index contributed by atoms with van der Waals surface area (Å²) in [5.41, 5.74) is 0.936. The minimum absolute atomic E-state index is 0.147. The molecule has 1 heterocycles. The van der Waals surface area contributed by atoms with Crippen LogP contribution in [0.15, 0.2) is 78.9 Å². The van der Waals surface area contributed by atoms with Gasteiger partial charge in [-0.25, -0.2) is 0 Å². The number of carbonyl (C=O) groups is 2. The van der Waals surface area contributed by atoms with Crippen molar-refractivity contribution in [2.75, 3.05) is 20.8 Å². The molecule has 200 valence electrons. The van der Waals surface area contributed by atoms with Gasteiger partial charge in [-0.15, -0.1) is 0 Å². The molecule has 0 aromatic heterocycles. The SMILES string of the molecule is COc1ccc(C[C@H](CO[Si](c2ccccc2)(c2ccccc2)C(C)(C)C)N2C(=O)CCC2=O)cc1OC. The number of rotatable bonds is 10. The van der Waals surface area contributed by atoms with Crippen molar-refractivity contribution < 1.29 is 23.5 Å². The Labute approximate surface area is 226 Å². The van der Waals surface area contributed by atoms with Gasteiger partial charge in [0.05, 0.1) is 26.9 Å². The van der Waals surface area contributed by atoms with Crippen molar-refractivity contribution in [1.82, 2.24) is 4.90 Å². The summed E-state index contributed by atoms with van der Waals surface area (Å²) >= 11 is 0. The normalized spacial score (nSPS) is 15.0. The van der Waals surface area contributed by atoms with Gasteiger partial charge in [-0.05, 0) is 39.5 Å². The molecule has 7 heteroatoms. The van der Waals surface area contributed by atoms with Crippen LogP contribution in [-0.2, 0) is 20.4 Å². The van der Waals surface area contributed by atoms with Gasteiger partial charge >= 0.3 is 0 Å². The zero-order valence-corrected chi connectivity index (χ0v) is 23.9. The van der Waals surface area contributed by atoms with E-state index in [-0.39, 0.29) is 36.3 Å². The third kappa shape index (κ3) is 5.40. The van der Waals surface area contributed by atoms with E-state index in [0.29, 0.717) is 17.9 Å². The third-order valence-corrected chi connectivity index (χ3v) is 12.3. The van der Waals surface area contributed by atoms with Crippen LogP contribution in [0.3, 0.4) is 0 Å². The molecule has 2 amide bonds. The van der Waals surface area contributed by atoms with Gasteiger partial charge in [0.1, 0.15) is 0 Å². The van der Waals surface area contributed by atoms with Gasteiger partial charge in [0, 0.05) is 12.8 Å². The Morgan fingerprint density at radius 1 is 0.789 bits per heavy atom. The summed E-state index contributed by atoms with van der Waals surface area (Å²) in [6.45, 7) is 6.89. The summed E-state index contributed by atoms with van der Waals surface area (Å²) < 4.78 is 18.0. The predicted molar refractivity (Wildman–Crippen MR) is 152 cm³/mol. The van der Waals surface area contributed by atoms with Crippen molar-refractivity contribution >= 4 is 30.5 Å². The van der Waals surface area contributed by atoms with Crippen molar-refractivity contribution in [1.29, 1.82) is 0 Å². The lowest BCUT2D eigenvalue weighted by Crippen LogP contribution is -2.67. The van der Waals surface area contributed by atoms with E-state index in [1.54, 1.807) is 14.2 Å². The summed E-state index contributed by atoms with van der Waals surface area (Å²) in [6, 6.07) is 26.0. The Hall–Kier alpha value is -3.42. The number of benzene rings is 3. The van der Waals surface area contributed by atoms with E-state index in [1.165, 1.54) is 4.90 Å². The van der Waals surface area contributed by atoms with E-state index in [4.69, 9.17) is 13.9 Å². The number of amides is 2. The molecule has 1 aliphatic rings. The molecule has 4 rings (SSSR count). The number of imide groups is 1. The van der Waals surface area contributed by atoms with Crippen LogP contribution in [0.1, 0.15) is 39.2 Å². The summed E-state index contributed by atoms with van der Waals surface area (Å²) in [5.74, 6) is 0.943. The highest BCUT2D eigenvalue weighted by molar-refractivity contribution is 6.99. The minimum Gasteiger partial charge on any atom is -0.493 e. The molecule has 6 nitrogen and oxygen atoms in total. The lowest BCUT2D eigenvalue weighted by molar-refractivity contribution is -0.141. The highest BCUT2D eigenvalue weighted by atomic mass is 28.4. The summed E-state index contributed by atoms with van der Waals surface area (Å²) in [4.78, 5) is 27.3. The summed E-state index contributed by atoms with van der Waals surface area (Å²) in [7, 11) is 0.342. The standard InChI is InChI=1S/C31H37NO5Si/c1-31(2,3)38(25-12-8-6-9-13-25,26-14-10-7-11-15-26)37-22-24(32-29(33)18-19-30(32)34)20-23-16-17-27(35-4)28(21-23)36-5/h6-17,21,24H,18-20,22H2,1-5H3/t24-/m1/s1. The van der Waals surface area contributed by atoms with E-state index >= 15 is 0 Å². The number of likely N-dealkylation sites (tertiary alicyclic amines) is 1. The van der Waals surface area contributed by atoms with Crippen LogP contribution in [0.25, 0.3) is 0 Å². The van der Waals surface area contributed by atoms with E-state index in [9.17, 15) is 9.59 Å². The molecular weight excluding hydrogens is 494 g/mol. The molecular formula is C31H37NO5Si. The molecule has 0 unspecified atom stereocenters. The maximum atomic E-state index is 12.9. The first-order valence-electron chi connectivity index (χ1n) is 13.0. The molecule has 0 bridgehead atoms. The van der Waals surface area contributed by atoms with E-state index in [1.807, 2.05) is 54.6 Å². The Kier molecular flexibility index (Phi) is 8.38. The zero-order chi connectivity index (χ0) is 27.3.